The first-order valence-electron chi connectivity index (χ1n) is 13.7. The normalized spacial score (nSPS) is 13.2. The minimum atomic E-state index is -1.02. The van der Waals surface area contributed by atoms with E-state index in [4.69, 9.17) is 24.7 Å². The number of hydrogen-bond acceptors (Lipinski definition) is 8. The van der Waals surface area contributed by atoms with Crippen molar-refractivity contribution in [3.8, 4) is 23.0 Å². The predicted octanol–water partition coefficient (Wildman–Crippen LogP) is 7.02. The van der Waals surface area contributed by atoms with Gasteiger partial charge in [0.2, 0.25) is 12.7 Å². The average molecular weight is 708 g/mol. The van der Waals surface area contributed by atoms with Crippen LogP contribution in [0.3, 0.4) is 0 Å². The van der Waals surface area contributed by atoms with E-state index in [1.807, 2.05) is 18.2 Å². The molecule has 0 bridgehead atoms. The highest BCUT2D eigenvalue weighted by Gasteiger charge is 2.31. The van der Waals surface area contributed by atoms with E-state index in [9.17, 15) is 14.7 Å². The Hall–Kier alpha value is -4.91. The predicted molar refractivity (Wildman–Crippen MR) is 175 cm³/mol. The number of nitrogens with two attached hydrogens (primary N) is 1. The Morgan fingerprint density at radius 1 is 0.955 bits per heavy atom. The molecule has 4 aromatic rings. The molecule has 10 nitrogen and oxygen atoms in total. The lowest BCUT2D eigenvalue weighted by atomic mass is 9.99. The maximum atomic E-state index is 13.2. The number of phenolic OH excluding ortho intramolecular Hbond substituents is 1. The third kappa shape index (κ3) is 8.13. The number of carbonyl (C=O) groups excluding carboxylic acids is 2. The van der Waals surface area contributed by atoms with Gasteiger partial charge in [-0.1, -0.05) is 36.4 Å². The third-order valence-electron chi connectivity index (χ3n) is 6.62. The van der Waals surface area contributed by atoms with Crippen LogP contribution in [0.15, 0.2) is 103 Å². The molecule has 1 aliphatic heterocycles. The van der Waals surface area contributed by atoms with E-state index in [0.717, 1.165) is 3.57 Å². The van der Waals surface area contributed by atoms with Gasteiger partial charge in [-0.2, -0.15) is 0 Å². The standard InChI is InChI=1S/C33H30IN3O7/c34-21-14-16-27(38)24(18-21)32(44-33(40)36-22-15-17-28-30(19-22)42-20-41-28)29(43-23-8-2-1-3-9-23)12-6-7-13-31(39)37-26-11-5-4-10-25(26)35/h1-5,7-11,13-19,29,32,38H,6,12,20,35H2,(H,36,40)(H,37,39)/b13-7+/t29-,32-/m1/s1. The molecule has 0 saturated heterocycles. The fourth-order valence-corrected chi connectivity index (χ4v) is 5.03. The Morgan fingerprint density at radius 3 is 2.55 bits per heavy atom. The molecule has 1 heterocycles. The van der Waals surface area contributed by atoms with Gasteiger partial charge in [-0.05, 0) is 96.1 Å². The zero-order valence-electron chi connectivity index (χ0n) is 23.4. The highest BCUT2D eigenvalue weighted by Crippen LogP contribution is 2.37. The second kappa shape index (κ2) is 14.5. The van der Waals surface area contributed by atoms with Crippen LogP contribution in [0, 0.1) is 3.57 Å². The molecular formula is C33H30IN3O7. The summed E-state index contributed by atoms with van der Waals surface area (Å²) < 4.78 is 23.9. The second-order valence-electron chi connectivity index (χ2n) is 9.75. The van der Waals surface area contributed by atoms with Crippen molar-refractivity contribution >= 4 is 51.7 Å². The van der Waals surface area contributed by atoms with Crippen LogP contribution in [0.4, 0.5) is 21.9 Å². The zero-order chi connectivity index (χ0) is 30.9. The van der Waals surface area contributed by atoms with Crippen molar-refractivity contribution in [2.24, 2.45) is 0 Å². The van der Waals surface area contributed by atoms with Crippen molar-refractivity contribution in [1.29, 1.82) is 0 Å². The Bertz CT molecular complexity index is 1650. The largest absolute Gasteiger partial charge is 0.508 e. The summed E-state index contributed by atoms with van der Waals surface area (Å²) in [5, 5.41) is 16.3. The van der Waals surface area contributed by atoms with Crippen molar-refractivity contribution in [2.45, 2.75) is 25.0 Å². The van der Waals surface area contributed by atoms with Gasteiger partial charge in [0.25, 0.3) is 0 Å². The molecule has 11 heteroatoms. The third-order valence-corrected chi connectivity index (χ3v) is 7.29. The Labute approximate surface area is 267 Å². The number of hydrogen-bond donors (Lipinski definition) is 4. The fraction of sp³-hybridized carbons (Fsp3) is 0.152. The van der Waals surface area contributed by atoms with Gasteiger partial charge in [-0.3, -0.25) is 10.1 Å². The summed E-state index contributed by atoms with van der Waals surface area (Å²) in [6.07, 6.45) is 1.31. The molecule has 2 atom stereocenters. The van der Waals surface area contributed by atoms with E-state index >= 15 is 0 Å². The van der Waals surface area contributed by atoms with E-state index in [1.165, 1.54) is 6.08 Å². The number of benzene rings is 4. The topological polar surface area (TPSA) is 141 Å². The molecule has 0 fully saturated rings. The van der Waals surface area contributed by atoms with E-state index < -0.39 is 18.3 Å². The smallest absolute Gasteiger partial charge is 0.412 e. The molecule has 0 spiro atoms. The number of ether oxygens (including phenoxy) is 4. The number of allylic oxidation sites excluding steroid dienone is 1. The molecule has 0 saturated carbocycles. The lowest BCUT2D eigenvalue weighted by molar-refractivity contribution is -0.111. The molecular weight excluding hydrogens is 677 g/mol. The lowest BCUT2D eigenvalue weighted by Gasteiger charge is -2.28. The molecule has 5 N–H and O–H groups in total. The molecule has 0 radical (unpaired) electrons. The van der Waals surface area contributed by atoms with Gasteiger partial charge in [0, 0.05) is 20.9 Å². The summed E-state index contributed by atoms with van der Waals surface area (Å²) in [5.41, 5.74) is 7.72. The Kier molecular flexibility index (Phi) is 10.1. The number of rotatable bonds is 11. The van der Waals surface area contributed by atoms with Crippen LogP contribution in [0.1, 0.15) is 24.5 Å². The van der Waals surface area contributed by atoms with E-state index in [2.05, 4.69) is 33.2 Å². The minimum absolute atomic E-state index is 0.0525. The van der Waals surface area contributed by atoms with Crippen molar-refractivity contribution in [2.75, 3.05) is 23.2 Å². The van der Waals surface area contributed by atoms with Gasteiger partial charge in [0.15, 0.2) is 17.6 Å². The second-order valence-corrected chi connectivity index (χ2v) is 11.0. The summed E-state index contributed by atoms with van der Waals surface area (Å²) in [4.78, 5) is 25.8. The summed E-state index contributed by atoms with van der Waals surface area (Å²) in [6, 6.07) is 26.1. The number of carbonyl (C=O) groups is 2. The van der Waals surface area contributed by atoms with Gasteiger partial charge in [0.1, 0.15) is 17.6 Å². The average Bonchev–Trinajstić information content (AvgIpc) is 3.49. The van der Waals surface area contributed by atoms with Crippen LogP contribution in [0.2, 0.25) is 0 Å². The van der Waals surface area contributed by atoms with Crippen LogP contribution < -0.4 is 30.6 Å². The SMILES string of the molecule is Nc1ccccc1NC(=O)/C=C/CC[C@@H](Oc1ccccc1)[C@H](OC(=O)Nc1ccc2c(c1)OCO2)c1cc(I)ccc1O. The van der Waals surface area contributed by atoms with Crippen molar-refractivity contribution in [1.82, 2.24) is 0 Å². The van der Waals surface area contributed by atoms with Crippen LogP contribution in [0.25, 0.3) is 0 Å². The molecule has 2 amide bonds. The van der Waals surface area contributed by atoms with Gasteiger partial charge in [-0.15, -0.1) is 0 Å². The number of aromatic hydroxyl groups is 1. The van der Waals surface area contributed by atoms with Gasteiger partial charge in [-0.25, -0.2) is 4.79 Å². The van der Waals surface area contributed by atoms with Crippen LogP contribution >= 0.6 is 22.6 Å². The van der Waals surface area contributed by atoms with E-state index in [1.54, 1.807) is 78.9 Å². The first-order chi connectivity index (χ1) is 21.4. The number of amides is 2. The molecule has 0 aromatic heterocycles. The number of phenols is 1. The monoisotopic (exact) mass is 707 g/mol. The highest BCUT2D eigenvalue weighted by atomic mass is 127. The van der Waals surface area contributed by atoms with Crippen LogP contribution in [0.5, 0.6) is 23.0 Å². The number of nitrogen functional groups attached to an aromatic ring is 1. The maximum Gasteiger partial charge on any atom is 0.412 e. The number of anilines is 3. The quantitative estimate of drug-likeness (QED) is 0.0741. The summed E-state index contributed by atoms with van der Waals surface area (Å²) in [7, 11) is 0. The maximum absolute atomic E-state index is 13.2. The van der Waals surface area contributed by atoms with Crippen LogP contribution in [-0.2, 0) is 9.53 Å². The summed E-state index contributed by atoms with van der Waals surface area (Å²) in [6.45, 7) is 0.103. The van der Waals surface area contributed by atoms with E-state index in [-0.39, 0.29) is 18.4 Å². The molecule has 226 valence electrons. The molecule has 5 rings (SSSR count). The Morgan fingerprint density at radius 2 is 1.73 bits per heavy atom. The first-order valence-corrected chi connectivity index (χ1v) is 14.8. The summed E-state index contributed by atoms with van der Waals surface area (Å²) >= 11 is 2.13. The number of nitrogens with one attached hydrogen (secondary N) is 2. The molecule has 4 aromatic carbocycles. The van der Waals surface area contributed by atoms with Gasteiger partial charge in [0.05, 0.1) is 11.4 Å². The molecule has 44 heavy (non-hydrogen) atoms. The number of fused-ring (bicyclic) bond motifs is 1. The first kappa shape index (κ1) is 30.5. The van der Waals surface area contributed by atoms with Crippen molar-refractivity contribution in [3.63, 3.8) is 0 Å². The minimum Gasteiger partial charge on any atom is -0.508 e. The lowest BCUT2D eigenvalue weighted by Crippen LogP contribution is -2.31. The number of halogens is 1. The van der Waals surface area contributed by atoms with Gasteiger partial charge >= 0.3 is 6.09 Å². The molecule has 0 aliphatic carbocycles. The molecule has 0 unspecified atom stereocenters. The van der Waals surface area contributed by atoms with E-state index in [0.29, 0.717) is 52.7 Å². The van der Waals surface area contributed by atoms with Gasteiger partial charge < -0.3 is 35.1 Å². The fourth-order valence-electron chi connectivity index (χ4n) is 4.51. The zero-order valence-corrected chi connectivity index (χ0v) is 25.6. The summed E-state index contributed by atoms with van der Waals surface area (Å²) in [5.74, 6) is 1.24. The highest BCUT2D eigenvalue weighted by molar-refractivity contribution is 14.1. The van der Waals surface area contributed by atoms with Crippen molar-refractivity contribution in [3.05, 3.63) is 112 Å². The van der Waals surface area contributed by atoms with Crippen LogP contribution in [-0.4, -0.2) is 30.0 Å². The Balaban J connectivity index is 1.36. The number of para-hydroxylation sites is 3. The molecule has 1 aliphatic rings. The van der Waals surface area contributed by atoms with Crippen molar-refractivity contribution < 1.29 is 33.6 Å².